The molecule has 0 fully saturated rings. The molecule has 2 heterocycles. The monoisotopic (exact) mass is 346 g/mol. The Hall–Kier alpha value is -2.43. The van der Waals surface area contributed by atoms with Crippen molar-refractivity contribution in [2.75, 3.05) is 0 Å². The summed E-state index contributed by atoms with van der Waals surface area (Å²) in [7, 11) is 0. The van der Waals surface area contributed by atoms with Gasteiger partial charge in [-0.25, -0.2) is 4.98 Å². The fourth-order valence-electron chi connectivity index (χ4n) is 3.73. The van der Waals surface area contributed by atoms with Crippen molar-refractivity contribution in [2.45, 2.75) is 25.9 Å². The molecule has 25 heavy (non-hydrogen) atoms. The second-order valence-corrected chi connectivity index (χ2v) is 7.53. The van der Waals surface area contributed by atoms with E-state index in [-0.39, 0.29) is 6.61 Å². The molecule has 0 atom stereocenters. The van der Waals surface area contributed by atoms with Crippen LogP contribution in [-0.2, 0) is 19.4 Å². The maximum Gasteiger partial charge on any atom is 0.195 e. The van der Waals surface area contributed by atoms with Crippen LogP contribution in [0.25, 0.3) is 26.7 Å². The number of imidazole rings is 1. The number of fused-ring (bicyclic) bond motifs is 2. The van der Waals surface area contributed by atoms with E-state index in [0.29, 0.717) is 0 Å². The molecule has 0 radical (unpaired) electrons. The highest BCUT2D eigenvalue weighted by atomic mass is 32.1. The van der Waals surface area contributed by atoms with Gasteiger partial charge in [0.05, 0.1) is 22.9 Å². The van der Waals surface area contributed by atoms with Crippen molar-refractivity contribution < 1.29 is 5.11 Å². The van der Waals surface area contributed by atoms with E-state index >= 15 is 0 Å². The number of nitrogens with zero attached hydrogens (tertiary/aromatic N) is 2. The van der Waals surface area contributed by atoms with E-state index in [1.165, 1.54) is 34.4 Å². The van der Waals surface area contributed by atoms with Crippen LogP contribution in [0.15, 0.2) is 54.7 Å². The average Bonchev–Trinajstić information content (AvgIpc) is 3.35. The Balaban J connectivity index is 1.64. The van der Waals surface area contributed by atoms with Crippen LogP contribution in [0.4, 0.5) is 0 Å². The summed E-state index contributed by atoms with van der Waals surface area (Å²) in [6, 6.07) is 16.9. The van der Waals surface area contributed by atoms with Gasteiger partial charge in [-0.2, -0.15) is 0 Å². The Bertz CT molecular complexity index is 1060. The molecule has 2 aromatic carbocycles. The zero-order valence-electron chi connectivity index (χ0n) is 13.8. The zero-order chi connectivity index (χ0) is 16.8. The van der Waals surface area contributed by atoms with Crippen molar-refractivity contribution in [1.29, 1.82) is 0 Å². The molecule has 0 saturated carbocycles. The minimum absolute atomic E-state index is 0.0153. The van der Waals surface area contributed by atoms with Gasteiger partial charge in [-0.3, -0.25) is 4.40 Å². The third kappa shape index (κ3) is 2.41. The van der Waals surface area contributed by atoms with E-state index in [9.17, 15) is 5.11 Å². The fraction of sp³-hybridized carbons (Fsp3) is 0.190. The number of aliphatic hydroxyl groups is 1. The highest BCUT2D eigenvalue weighted by Gasteiger charge is 2.18. The second kappa shape index (κ2) is 5.83. The van der Waals surface area contributed by atoms with E-state index in [1.807, 2.05) is 22.6 Å². The Morgan fingerprint density at radius 3 is 2.68 bits per heavy atom. The summed E-state index contributed by atoms with van der Waals surface area (Å²) in [5.74, 6) is 0. The molecule has 4 aromatic rings. The summed E-state index contributed by atoms with van der Waals surface area (Å²) in [6.45, 7) is -0.0153. The molecule has 0 amide bonds. The molecule has 1 aliphatic carbocycles. The van der Waals surface area contributed by atoms with Crippen molar-refractivity contribution in [3.8, 4) is 21.7 Å². The lowest BCUT2D eigenvalue weighted by Crippen LogP contribution is -1.93. The summed E-state index contributed by atoms with van der Waals surface area (Å²) in [5, 5.41) is 9.98. The Kier molecular flexibility index (Phi) is 3.47. The van der Waals surface area contributed by atoms with E-state index < -0.39 is 0 Å². The summed E-state index contributed by atoms with van der Waals surface area (Å²) < 4.78 is 2.04. The summed E-state index contributed by atoms with van der Waals surface area (Å²) >= 11 is 1.66. The molecule has 0 unspecified atom stereocenters. The van der Waals surface area contributed by atoms with Crippen molar-refractivity contribution in [1.82, 2.24) is 9.38 Å². The second-order valence-electron chi connectivity index (χ2n) is 6.52. The third-order valence-electron chi connectivity index (χ3n) is 5.01. The predicted octanol–water partition coefficient (Wildman–Crippen LogP) is 4.71. The van der Waals surface area contributed by atoms with Crippen LogP contribution in [0.5, 0.6) is 0 Å². The SMILES string of the molecule is OCc1c(-c2ccc3c(c2)CCC3)nc2sc(-c3ccccc3)cn12. The molecule has 124 valence electrons. The minimum Gasteiger partial charge on any atom is -0.390 e. The highest BCUT2D eigenvalue weighted by molar-refractivity contribution is 7.20. The van der Waals surface area contributed by atoms with Crippen LogP contribution in [0, 0.1) is 0 Å². The van der Waals surface area contributed by atoms with E-state index in [4.69, 9.17) is 4.98 Å². The summed E-state index contributed by atoms with van der Waals surface area (Å²) in [4.78, 5) is 6.94. The Morgan fingerprint density at radius 1 is 1.00 bits per heavy atom. The van der Waals surface area contributed by atoms with E-state index in [1.54, 1.807) is 11.3 Å². The third-order valence-corrected chi connectivity index (χ3v) is 6.04. The van der Waals surface area contributed by atoms with Gasteiger partial charge in [0, 0.05) is 11.8 Å². The maximum absolute atomic E-state index is 9.98. The first-order valence-corrected chi connectivity index (χ1v) is 9.44. The largest absolute Gasteiger partial charge is 0.390 e. The van der Waals surface area contributed by atoms with Crippen LogP contribution in [0.1, 0.15) is 23.2 Å². The number of rotatable bonds is 3. The topological polar surface area (TPSA) is 37.5 Å². The van der Waals surface area contributed by atoms with Gasteiger partial charge < -0.3 is 5.11 Å². The molecular formula is C21H18N2OS. The first-order chi connectivity index (χ1) is 12.3. The number of hydrogen-bond acceptors (Lipinski definition) is 3. The Labute approximate surface area is 150 Å². The molecule has 1 N–H and O–H groups in total. The fourth-order valence-corrected chi connectivity index (χ4v) is 4.73. The number of hydrogen-bond donors (Lipinski definition) is 1. The Morgan fingerprint density at radius 2 is 1.84 bits per heavy atom. The summed E-state index contributed by atoms with van der Waals surface area (Å²) in [6.07, 6.45) is 5.66. The average molecular weight is 346 g/mol. The van der Waals surface area contributed by atoms with Crippen molar-refractivity contribution in [2.24, 2.45) is 0 Å². The van der Waals surface area contributed by atoms with Crippen molar-refractivity contribution in [3.05, 3.63) is 71.5 Å². The molecule has 1 aliphatic rings. The molecule has 3 nitrogen and oxygen atoms in total. The van der Waals surface area contributed by atoms with Crippen LogP contribution in [0.2, 0.25) is 0 Å². The van der Waals surface area contributed by atoms with Gasteiger partial charge in [-0.05, 0) is 42.0 Å². The number of aryl methyl sites for hydroxylation is 2. The molecule has 0 saturated heterocycles. The first kappa shape index (κ1) is 14.9. The molecule has 5 rings (SSSR count). The highest BCUT2D eigenvalue weighted by Crippen LogP contribution is 2.34. The van der Waals surface area contributed by atoms with Crippen molar-refractivity contribution in [3.63, 3.8) is 0 Å². The van der Waals surface area contributed by atoms with Crippen LogP contribution in [0.3, 0.4) is 0 Å². The predicted molar refractivity (Wildman–Crippen MR) is 102 cm³/mol. The number of aromatic nitrogens is 2. The van der Waals surface area contributed by atoms with Crippen LogP contribution < -0.4 is 0 Å². The quantitative estimate of drug-likeness (QED) is 0.583. The number of aliphatic hydroxyl groups excluding tert-OH is 1. The minimum atomic E-state index is -0.0153. The smallest absolute Gasteiger partial charge is 0.195 e. The van der Waals surface area contributed by atoms with Crippen LogP contribution >= 0.6 is 11.3 Å². The lowest BCUT2D eigenvalue weighted by molar-refractivity contribution is 0.276. The molecule has 0 spiro atoms. The van der Waals surface area contributed by atoms with Gasteiger partial charge in [0.25, 0.3) is 0 Å². The molecule has 0 aliphatic heterocycles. The molecular weight excluding hydrogens is 328 g/mol. The lowest BCUT2D eigenvalue weighted by Gasteiger charge is -2.05. The van der Waals surface area contributed by atoms with Crippen LogP contribution in [-0.4, -0.2) is 14.5 Å². The van der Waals surface area contributed by atoms with Gasteiger partial charge in [-0.1, -0.05) is 53.8 Å². The molecule has 2 aromatic heterocycles. The van der Waals surface area contributed by atoms with Gasteiger partial charge in [0.1, 0.15) is 0 Å². The van der Waals surface area contributed by atoms with Gasteiger partial charge in [0.2, 0.25) is 0 Å². The van der Waals surface area contributed by atoms with E-state index in [0.717, 1.165) is 28.3 Å². The summed E-state index contributed by atoms with van der Waals surface area (Å²) in [5.41, 5.74) is 6.96. The van der Waals surface area contributed by atoms with E-state index in [2.05, 4.69) is 36.5 Å². The maximum atomic E-state index is 9.98. The normalized spacial score (nSPS) is 13.5. The zero-order valence-corrected chi connectivity index (χ0v) is 14.6. The van der Waals surface area contributed by atoms with Gasteiger partial charge in [0.15, 0.2) is 4.96 Å². The van der Waals surface area contributed by atoms with Crippen molar-refractivity contribution >= 4 is 16.3 Å². The number of benzene rings is 2. The molecule has 0 bridgehead atoms. The standard InChI is InChI=1S/C21H18N2OS/c24-13-18-20(17-10-9-14-7-4-8-16(14)11-17)22-21-23(18)12-19(25-21)15-5-2-1-3-6-15/h1-3,5-6,9-12,24H,4,7-8,13H2. The first-order valence-electron chi connectivity index (χ1n) is 8.63. The number of thiazole rings is 1. The lowest BCUT2D eigenvalue weighted by atomic mass is 10.0. The van der Waals surface area contributed by atoms with Gasteiger partial charge >= 0.3 is 0 Å². The van der Waals surface area contributed by atoms with Gasteiger partial charge in [-0.15, -0.1) is 0 Å². The molecule has 4 heteroatoms.